The van der Waals surface area contributed by atoms with Gasteiger partial charge in [-0.25, -0.2) is 26.3 Å². The van der Waals surface area contributed by atoms with Crippen LogP contribution >= 0.6 is 44.7 Å². The second kappa shape index (κ2) is 48.9. The van der Waals surface area contributed by atoms with Crippen LogP contribution in [0.1, 0.15) is 124 Å². The summed E-state index contributed by atoms with van der Waals surface area (Å²) in [5, 5.41) is 17.6. The lowest BCUT2D eigenvalue weighted by Crippen LogP contribution is -2.32. The van der Waals surface area contributed by atoms with Crippen molar-refractivity contribution in [1.82, 2.24) is 0 Å². The lowest BCUT2D eigenvalue weighted by molar-refractivity contribution is -0.0388. The predicted octanol–water partition coefficient (Wildman–Crippen LogP) is 14.0. The van der Waals surface area contributed by atoms with Crippen molar-refractivity contribution >= 4 is 44.7 Å². The molecule has 25 atom stereocenters. The van der Waals surface area contributed by atoms with Crippen molar-refractivity contribution in [2.75, 3.05) is 45.8 Å². The van der Waals surface area contributed by atoms with Crippen LogP contribution in [0.25, 0.3) is 0 Å². The molecule has 0 spiro atoms. The maximum Gasteiger partial charge on any atom is 0.348 e. The molecule has 6 saturated heterocycles. The summed E-state index contributed by atoms with van der Waals surface area (Å²) in [5.74, 6) is 1.86. The quantitative estimate of drug-likeness (QED) is 0.0228. The SMILES string of the molecule is CC(C)O[C@H]1[C@@H](F)CO[C@@H]1/C=C/P(=O)(O)CO.CC(C)O[C@H]1[C@@H](F)CO[C@@H]1/C=C/P(=O)(O)O.CC(C)O[C@H]1[C@@H](F)CO[C@@H]1/C=C/P(C)(=O)O.CC(C)O[C@H]1[C@@H](F)[C@H](c2ccccc2)O[C@@H]1/C=C/P(C)(=O)O.[2H]/C(=C(/[2H])P(=O)(O)CO)[C@H]1O[C@@H](c2ccccc2)[C@H](F)[C@@H]1OC(C)C.[2H]/C(=C(/[2H])P(=O)(O)O)[C@H]1O[C@@H](c2ccccc2)[C@H](F)[C@@H]1OC(C)C. The zero-order valence-corrected chi connectivity index (χ0v) is 72.0. The third-order valence-corrected chi connectivity index (χ3v) is 20.5. The highest BCUT2D eigenvalue weighted by Gasteiger charge is 2.49. The van der Waals surface area contributed by atoms with E-state index in [1.165, 1.54) is 37.4 Å². The van der Waals surface area contributed by atoms with E-state index in [2.05, 4.69) is 0 Å². The van der Waals surface area contributed by atoms with Gasteiger partial charge in [-0.1, -0.05) is 91.0 Å². The van der Waals surface area contributed by atoms with Crippen LogP contribution in [0.5, 0.6) is 0 Å². The first-order valence-electron chi connectivity index (χ1n) is 39.0. The predicted molar refractivity (Wildman–Crippen MR) is 425 cm³/mol. The van der Waals surface area contributed by atoms with E-state index in [9.17, 15) is 63.5 Å². The second-order valence-electron chi connectivity index (χ2n) is 29.0. The maximum absolute atomic E-state index is 15.0. The minimum absolute atomic E-state index is 0.0359. The third-order valence-electron chi connectivity index (χ3n) is 16.2. The molecule has 3 aromatic rings. The van der Waals surface area contributed by atoms with Crippen molar-refractivity contribution in [1.29, 1.82) is 0 Å². The minimum atomic E-state index is -4.94. The highest BCUT2D eigenvalue weighted by Crippen LogP contribution is 2.47. The Labute approximate surface area is 680 Å². The molecule has 116 heavy (non-hydrogen) atoms. The minimum Gasteiger partial charge on any atom is -0.386 e. The Bertz CT molecular complexity index is 4030. The second-order valence-corrected chi connectivity index (χ2v) is 40.2. The summed E-state index contributed by atoms with van der Waals surface area (Å²) in [4.78, 5) is 72.7. The highest BCUT2D eigenvalue weighted by atomic mass is 31.2. The number of hydrogen-bond donors (Lipinski definition) is 10. The molecule has 3 aromatic carbocycles. The molecular formula is C76H116F6O28P6. The summed E-state index contributed by atoms with van der Waals surface area (Å²) >= 11 is 0. The van der Waals surface area contributed by atoms with Crippen molar-refractivity contribution in [3.63, 3.8) is 0 Å². The van der Waals surface area contributed by atoms with Crippen LogP contribution in [0.4, 0.5) is 26.3 Å². The number of aliphatic hydroxyl groups excluding tert-OH is 2. The van der Waals surface area contributed by atoms with Crippen LogP contribution in [-0.2, 0) is 84.2 Å². The fraction of sp³-hybridized carbons (Fsp3) is 0.605. The van der Waals surface area contributed by atoms with Gasteiger partial charge in [0.1, 0.15) is 104 Å². The number of aliphatic hydroxyl groups is 2. The average molecular weight is 1780 g/mol. The summed E-state index contributed by atoms with van der Waals surface area (Å²) in [5.41, 5.74) is 1.80. The lowest BCUT2D eigenvalue weighted by atomic mass is 10.0. The Balaban J connectivity index is 0.000000305. The highest BCUT2D eigenvalue weighted by molar-refractivity contribution is 7.61. The molecule has 9 rings (SSSR count). The molecule has 6 heterocycles. The first kappa shape index (κ1) is 97.6. The molecule has 0 bridgehead atoms. The molecule has 0 aliphatic carbocycles. The standard InChI is InChI=1S/C16H22FO5P.C16H22FO4P.C15H20FO5P.C10H18FO5P.C10H18FO4P.C9H16FO5P/c1-11(2)21-16-13(8-9-23(19,20)10-18)22-15(14(16)17)12-6-4-3-5-7-12;1-11(2)20-16-13(9-10-22(3,18)19)21-15(14(16)17)12-7-5-4-6-8-12;1-10(2)20-15-12(8-9-22(17,18)19)21-14(13(15)16)11-6-4-3-5-7-11;1-7(2)16-10-8(11)5-15-9(10)3-4-17(13,14)6-12;1-7(2)15-10-8(11)6-14-9(10)4-5-16(3,12)13;1-6(2)15-9-7(10)5-14-8(9)3-4-16(11,12)13/h3-9,11,13-16,18H,10H2,1-2H3,(H,19,20);4-11,13-16H,1-3H3,(H,18,19);3-10,12-15H,1-2H3,(H2,17,18,19);3-4,7-10,12H,5-6H2,1-2H3,(H,13,14);4-5,7-10H,6H2,1-3H3,(H,12,13);3-4,6-9H,5H2,1-2H3,(H2,11,12,13)/b9-8+;10-9+;9-8+;4-3+;5-4+;4-3+/t2*13-,14+,15+,16-;12-,13+,14+,15-;2*8-,9+,10-;7-,8+,9-/m111000/s1/i8D,9D;;8D,9D;;;. The largest absolute Gasteiger partial charge is 0.386 e. The molecule has 28 nitrogen and oxygen atoms in total. The van der Waals surface area contributed by atoms with E-state index < -0.39 is 210 Å². The summed E-state index contributed by atoms with van der Waals surface area (Å²) < 4.78 is 248. The molecule has 0 saturated carbocycles. The molecule has 660 valence electrons. The molecule has 6 fully saturated rings. The van der Waals surface area contributed by atoms with Gasteiger partial charge in [0.25, 0.3) is 0 Å². The number of halogens is 6. The van der Waals surface area contributed by atoms with Crippen molar-refractivity contribution in [3.8, 4) is 0 Å². The number of ether oxygens (including phenoxy) is 12. The van der Waals surface area contributed by atoms with Crippen LogP contribution in [0.3, 0.4) is 0 Å². The van der Waals surface area contributed by atoms with Crippen molar-refractivity contribution in [2.45, 2.75) is 248 Å². The number of alkyl halides is 6. The Morgan fingerprint density at radius 2 is 0.629 bits per heavy atom. The molecule has 0 aromatic heterocycles. The fourth-order valence-corrected chi connectivity index (χ4v) is 14.1. The van der Waals surface area contributed by atoms with E-state index >= 15 is 0 Å². The molecular weight excluding hydrogens is 1660 g/mol. The molecule has 0 amide bonds. The summed E-state index contributed by atoms with van der Waals surface area (Å²) in [6.45, 7) is 23.2. The Kier molecular flexibility index (Phi) is 41.1. The van der Waals surface area contributed by atoms with E-state index in [-0.39, 0.29) is 56.4 Å². The van der Waals surface area contributed by atoms with Crippen LogP contribution in [0.2, 0.25) is 0 Å². The molecule has 6 aliphatic heterocycles. The first-order chi connectivity index (χ1) is 55.5. The maximum atomic E-state index is 15.0. The Hall–Kier alpha value is -3.82. The van der Waals surface area contributed by atoms with Gasteiger partial charge in [0.2, 0.25) is 29.5 Å². The van der Waals surface area contributed by atoms with Gasteiger partial charge in [-0.2, -0.15) is 0 Å². The molecule has 6 aliphatic rings. The Morgan fingerprint density at radius 3 is 0.905 bits per heavy atom. The van der Waals surface area contributed by atoms with Crippen LogP contribution in [0, 0.1) is 0 Å². The summed E-state index contributed by atoms with van der Waals surface area (Å²) in [7, 11) is -23.8. The molecule has 10 N–H and O–H groups in total. The van der Waals surface area contributed by atoms with Gasteiger partial charge in [0.15, 0.2) is 37.0 Å². The molecule has 0 radical (unpaired) electrons. The van der Waals surface area contributed by atoms with Gasteiger partial charge >= 0.3 is 15.2 Å². The summed E-state index contributed by atoms with van der Waals surface area (Å²) in [6, 6.07) is 24.7. The average Bonchev–Trinajstić information content (AvgIpc) is 1.65. The van der Waals surface area contributed by atoms with Gasteiger partial charge in [-0.05, 0) is 148 Å². The zero-order valence-electron chi connectivity index (χ0n) is 70.7. The molecule has 40 heteroatoms. The first-order valence-corrected chi connectivity index (χ1v) is 48.4. The summed E-state index contributed by atoms with van der Waals surface area (Å²) in [6.07, 6.45) is -20.1. The van der Waals surface area contributed by atoms with Crippen molar-refractivity contribution in [2.24, 2.45) is 0 Å². The van der Waals surface area contributed by atoms with Gasteiger partial charge in [-0.3, -0.25) is 27.4 Å². The van der Waals surface area contributed by atoms with E-state index in [1.807, 2.05) is 45.9 Å². The van der Waals surface area contributed by atoms with Crippen molar-refractivity contribution < 1.29 is 165 Å². The monoisotopic (exact) mass is 1780 g/mol. The zero-order chi connectivity index (χ0) is 90.9. The van der Waals surface area contributed by atoms with Gasteiger partial charge in [0, 0.05) is 36.6 Å². The smallest absolute Gasteiger partial charge is 0.348 e. The Morgan fingerprint density at radius 1 is 0.371 bits per heavy atom. The topological polar surface area (TPSA) is 415 Å². The lowest BCUT2D eigenvalue weighted by Gasteiger charge is -2.20. The van der Waals surface area contributed by atoms with E-state index in [0.29, 0.717) is 16.9 Å². The van der Waals surface area contributed by atoms with E-state index in [0.717, 1.165) is 23.3 Å². The van der Waals surface area contributed by atoms with Crippen LogP contribution < -0.4 is 0 Å². The fourth-order valence-electron chi connectivity index (χ4n) is 11.5. The third kappa shape index (κ3) is 38.3. The van der Waals surface area contributed by atoms with Gasteiger partial charge < -0.3 is 106 Å². The number of rotatable bonds is 29. The van der Waals surface area contributed by atoms with E-state index in [4.69, 9.17) is 102 Å². The van der Waals surface area contributed by atoms with Crippen molar-refractivity contribution in [3.05, 3.63) is 179 Å². The van der Waals surface area contributed by atoms with Gasteiger partial charge in [0.05, 0.1) is 61.9 Å². The normalized spacial score (nSPS) is 32.6. The van der Waals surface area contributed by atoms with Crippen LogP contribution in [-0.4, -0.2) is 242 Å². The number of hydrogen-bond acceptors (Lipinski definition) is 20. The molecule has 4 unspecified atom stereocenters. The number of benzene rings is 3. The van der Waals surface area contributed by atoms with Gasteiger partial charge in [-0.15, -0.1) is 0 Å². The van der Waals surface area contributed by atoms with E-state index in [1.54, 1.807) is 128 Å². The van der Waals surface area contributed by atoms with Crippen LogP contribution in [0.15, 0.2) is 162 Å².